The molecule has 0 radical (unpaired) electrons. The van der Waals surface area contributed by atoms with Gasteiger partial charge in [0.05, 0.1) is 0 Å². The van der Waals surface area contributed by atoms with Crippen LogP contribution in [0.3, 0.4) is 0 Å². The fourth-order valence-corrected chi connectivity index (χ4v) is 4.91. The molecule has 1 heterocycles. The minimum atomic E-state index is -0.00437. The molecule has 3 fully saturated rings. The lowest BCUT2D eigenvalue weighted by Crippen LogP contribution is -2.54. The molecular formula is C19H33N3O2. The van der Waals surface area contributed by atoms with Gasteiger partial charge in [-0.2, -0.15) is 0 Å². The molecule has 3 N–H and O–H groups in total. The second-order valence-corrected chi connectivity index (χ2v) is 8.48. The van der Waals surface area contributed by atoms with E-state index >= 15 is 0 Å². The maximum Gasteiger partial charge on any atom is 0.225 e. The molecule has 0 aromatic heterocycles. The lowest BCUT2D eigenvalue weighted by atomic mass is 9.65. The molecule has 0 aromatic rings. The van der Waals surface area contributed by atoms with Crippen LogP contribution in [-0.2, 0) is 9.59 Å². The summed E-state index contributed by atoms with van der Waals surface area (Å²) in [6.07, 6.45) is 7.54. The maximum atomic E-state index is 13.0. The molecule has 3 rings (SSSR count). The topological polar surface area (TPSA) is 75.4 Å². The Balaban J connectivity index is 1.57. The Morgan fingerprint density at radius 2 is 1.75 bits per heavy atom. The molecule has 1 aliphatic heterocycles. The summed E-state index contributed by atoms with van der Waals surface area (Å²) in [5.41, 5.74) is 6.36. The van der Waals surface area contributed by atoms with Crippen molar-refractivity contribution in [2.75, 3.05) is 13.1 Å². The number of fused-ring (bicyclic) bond motifs is 2. The van der Waals surface area contributed by atoms with Crippen LogP contribution in [0.4, 0.5) is 0 Å². The van der Waals surface area contributed by atoms with Gasteiger partial charge in [-0.15, -0.1) is 0 Å². The number of amides is 2. The third-order valence-electron chi connectivity index (χ3n) is 6.37. The van der Waals surface area contributed by atoms with E-state index in [1.54, 1.807) is 0 Å². The SMILES string of the molecule is CC(C)C(=O)NC1CCCN(C(=O)C2CC3CCCC(C2)C3N)C1. The van der Waals surface area contributed by atoms with Crippen LogP contribution in [0.2, 0.25) is 0 Å². The first-order valence-electron chi connectivity index (χ1n) is 9.80. The summed E-state index contributed by atoms with van der Waals surface area (Å²) in [5, 5.41) is 3.10. The highest BCUT2D eigenvalue weighted by atomic mass is 16.2. The molecule has 3 unspecified atom stereocenters. The third-order valence-corrected chi connectivity index (χ3v) is 6.37. The van der Waals surface area contributed by atoms with Crippen molar-refractivity contribution in [2.45, 2.75) is 70.9 Å². The highest BCUT2D eigenvalue weighted by Gasteiger charge is 2.42. The highest BCUT2D eigenvalue weighted by molar-refractivity contribution is 5.80. The van der Waals surface area contributed by atoms with Gasteiger partial charge in [-0.25, -0.2) is 0 Å². The predicted molar refractivity (Wildman–Crippen MR) is 94.1 cm³/mol. The van der Waals surface area contributed by atoms with Gasteiger partial charge in [0, 0.05) is 37.0 Å². The summed E-state index contributed by atoms with van der Waals surface area (Å²) in [7, 11) is 0. The molecule has 5 nitrogen and oxygen atoms in total. The molecule has 3 atom stereocenters. The van der Waals surface area contributed by atoms with E-state index in [1.807, 2.05) is 18.7 Å². The van der Waals surface area contributed by atoms with Crippen molar-refractivity contribution in [3.8, 4) is 0 Å². The minimum Gasteiger partial charge on any atom is -0.351 e. The Morgan fingerprint density at radius 3 is 2.38 bits per heavy atom. The van der Waals surface area contributed by atoms with E-state index in [-0.39, 0.29) is 23.8 Å². The van der Waals surface area contributed by atoms with Gasteiger partial charge in [0.2, 0.25) is 11.8 Å². The number of piperidine rings is 1. The Kier molecular flexibility index (Phi) is 5.48. The first-order chi connectivity index (χ1) is 11.5. The number of nitrogens with one attached hydrogen (secondary N) is 1. The largest absolute Gasteiger partial charge is 0.351 e. The maximum absolute atomic E-state index is 13.0. The Hall–Kier alpha value is -1.10. The lowest BCUT2D eigenvalue weighted by molar-refractivity contribution is -0.140. The molecule has 0 spiro atoms. The quantitative estimate of drug-likeness (QED) is 0.827. The first-order valence-corrected chi connectivity index (χ1v) is 9.80. The number of rotatable bonds is 3. The van der Waals surface area contributed by atoms with Crippen LogP contribution in [-0.4, -0.2) is 41.9 Å². The van der Waals surface area contributed by atoms with Crippen LogP contribution in [0.5, 0.6) is 0 Å². The van der Waals surface area contributed by atoms with Gasteiger partial charge in [-0.05, 0) is 50.4 Å². The second kappa shape index (κ2) is 7.42. The lowest BCUT2D eigenvalue weighted by Gasteiger charge is -2.45. The molecule has 3 aliphatic rings. The van der Waals surface area contributed by atoms with Gasteiger partial charge >= 0.3 is 0 Å². The standard InChI is InChI=1S/C19H33N3O2/c1-12(2)18(23)21-16-7-4-8-22(11-16)19(24)15-9-13-5-3-6-14(10-15)17(13)20/h12-17H,3-11,20H2,1-2H3,(H,21,23). The van der Waals surface area contributed by atoms with Crippen LogP contribution < -0.4 is 11.1 Å². The van der Waals surface area contributed by atoms with Gasteiger partial charge < -0.3 is 16.0 Å². The van der Waals surface area contributed by atoms with Crippen molar-refractivity contribution in [2.24, 2.45) is 29.4 Å². The number of carbonyl (C=O) groups is 2. The Morgan fingerprint density at radius 1 is 1.08 bits per heavy atom. The van der Waals surface area contributed by atoms with Gasteiger partial charge in [-0.3, -0.25) is 9.59 Å². The molecular weight excluding hydrogens is 302 g/mol. The predicted octanol–water partition coefficient (Wildman–Crippen LogP) is 1.90. The highest BCUT2D eigenvalue weighted by Crippen LogP contribution is 2.42. The van der Waals surface area contributed by atoms with E-state index in [0.29, 0.717) is 30.3 Å². The van der Waals surface area contributed by atoms with Gasteiger partial charge in [-0.1, -0.05) is 20.3 Å². The zero-order valence-corrected chi connectivity index (χ0v) is 15.2. The summed E-state index contributed by atoms with van der Waals surface area (Å²) >= 11 is 0. The second-order valence-electron chi connectivity index (χ2n) is 8.48. The van der Waals surface area contributed by atoms with Crippen molar-refractivity contribution < 1.29 is 9.59 Å². The van der Waals surface area contributed by atoms with E-state index in [2.05, 4.69) is 5.32 Å². The average Bonchev–Trinajstić information content (AvgIpc) is 2.54. The molecule has 136 valence electrons. The fraction of sp³-hybridized carbons (Fsp3) is 0.895. The zero-order valence-electron chi connectivity index (χ0n) is 15.2. The van der Waals surface area contributed by atoms with E-state index in [9.17, 15) is 9.59 Å². The number of likely N-dealkylation sites (tertiary alicyclic amines) is 1. The van der Waals surface area contributed by atoms with Gasteiger partial charge in [0.1, 0.15) is 0 Å². The number of hydrogen-bond donors (Lipinski definition) is 2. The van der Waals surface area contributed by atoms with E-state index < -0.39 is 0 Å². The van der Waals surface area contributed by atoms with Crippen LogP contribution >= 0.6 is 0 Å². The molecule has 2 saturated carbocycles. The Labute approximate surface area is 145 Å². The van der Waals surface area contributed by atoms with Crippen LogP contribution in [0.1, 0.15) is 58.8 Å². The van der Waals surface area contributed by atoms with Crippen LogP contribution in [0, 0.1) is 23.7 Å². The number of nitrogens with two attached hydrogens (primary N) is 1. The first kappa shape index (κ1) is 17.7. The zero-order chi connectivity index (χ0) is 17.3. The monoisotopic (exact) mass is 335 g/mol. The van der Waals surface area contributed by atoms with E-state index in [0.717, 1.165) is 32.2 Å². The summed E-state index contributed by atoms with van der Waals surface area (Å²) in [4.78, 5) is 27.0. The molecule has 0 aromatic carbocycles. The normalized spacial score (nSPS) is 36.5. The van der Waals surface area contributed by atoms with Crippen LogP contribution in [0.15, 0.2) is 0 Å². The van der Waals surface area contributed by atoms with Crippen molar-refractivity contribution in [3.05, 3.63) is 0 Å². The molecule has 2 amide bonds. The number of nitrogens with zero attached hydrogens (tertiary/aromatic N) is 1. The van der Waals surface area contributed by atoms with E-state index in [4.69, 9.17) is 5.73 Å². The third kappa shape index (κ3) is 3.76. The van der Waals surface area contributed by atoms with Crippen LogP contribution in [0.25, 0.3) is 0 Å². The van der Waals surface area contributed by atoms with Crippen molar-refractivity contribution in [3.63, 3.8) is 0 Å². The summed E-state index contributed by atoms with van der Waals surface area (Å²) in [5.74, 6) is 1.62. The Bertz CT molecular complexity index is 465. The fourth-order valence-electron chi connectivity index (χ4n) is 4.91. The van der Waals surface area contributed by atoms with Crippen molar-refractivity contribution >= 4 is 11.8 Å². The number of hydrogen-bond acceptors (Lipinski definition) is 3. The van der Waals surface area contributed by atoms with Gasteiger partial charge in [0.25, 0.3) is 0 Å². The summed E-state index contributed by atoms with van der Waals surface area (Å²) < 4.78 is 0. The van der Waals surface area contributed by atoms with Gasteiger partial charge in [0.15, 0.2) is 0 Å². The molecule has 24 heavy (non-hydrogen) atoms. The van der Waals surface area contributed by atoms with Crippen molar-refractivity contribution in [1.29, 1.82) is 0 Å². The van der Waals surface area contributed by atoms with E-state index in [1.165, 1.54) is 19.3 Å². The average molecular weight is 335 g/mol. The van der Waals surface area contributed by atoms with Crippen molar-refractivity contribution in [1.82, 2.24) is 10.2 Å². The minimum absolute atomic E-state index is 0.00437. The number of carbonyl (C=O) groups excluding carboxylic acids is 2. The molecule has 2 bridgehead atoms. The summed E-state index contributed by atoms with van der Waals surface area (Å²) in [6, 6.07) is 0.421. The molecule has 5 heteroatoms. The summed E-state index contributed by atoms with van der Waals surface area (Å²) in [6.45, 7) is 5.33. The smallest absolute Gasteiger partial charge is 0.225 e. The molecule has 1 saturated heterocycles. The molecule has 2 aliphatic carbocycles.